The predicted molar refractivity (Wildman–Crippen MR) is 263 cm³/mol. The Bertz CT molecular complexity index is 1360. The summed E-state index contributed by atoms with van der Waals surface area (Å²) >= 11 is 0. The number of hydrogen-bond donors (Lipinski definition) is 9. The van der Waals surface area contributed by atoms with E-state index in [1.165, 1.54) is 77.0 Å². The van der Waals surface area contributed by atoms with Crippen molar-refractivity contribution in [1.82, 2.24) is 5.32 Å². The third kappa shape index (κ3) is 26.5. The van der Waals surface area contributed by atoms with Gasteiger partial charge in [-0.3, -0.25) is 4.79 Å². The van der Waals surface area contributed by atoms with Crippen LogP contribution < -0.4 is 5.32 Å². The van der Waals surface area contributed by atoms with Crippen LogP contribution in [0.5, 0.6) is 0 Å². The summed E-state index contributed by atoms with van der Waals surface area (Å²) in [7, 11) is 0. The summed E-state index contributed by atoms with van der Waals surface area (Å²) < 4.78 is 22.7. The zero-order valence-electron chi connectivity index (χ0n) is 41.1. The summed E-state index contributed by atoms with van der Waals surface area (Å²) in [6.45, 7) is 2.64. The van der Waals surface area contributed by atoms with Crippen LogP contribution in [0.3, 0.4) is 0 Å². The van der Waals surface area contributed by atoms with Crippen molar-refractivity contribution < 1.29 is 64.6 Å². The molecule has 67 heavy (non-hydrogen) atoms. The summed E-state index contributed by atoms with van der Waals surface area (Å²) in [4.78, 5) is 13.2. The molecule has 0 aliphatic carbocycles. The molecule has 1 amide bonds. The maximum atomic E-state index is 13.2. The number of rotatable bonds is 39. The van der Waals surface area contributed by atoms with Crippen LogP contribution in [0.15, 0.2) is 60.8 Å². The van der Waals surface area contributed by atoms with Crippen LogP contribution in [-0.2, 0) is 23.7 Å². The van der Waals surface area contributed by atoms with Crippen LogP contribution in [0.2, 0.25) is 0 Å². The summed E-state index contributed by atoms with van der Waals surface area (Å²) in [5, 5.41) is 86.8. The van der Waals surface area contributed by atoms with Gasteiger partial charge in [0.05, 0.1) is 32.0 Å². The molecule has 0 aromatic rings. The molecule has 2 aliphatic rings. The number of nitrogens with one attached hydrogen (secondary N) is 1. The van der Waals surface area contributed by atoms with Crippen molar-refractivity contribution in [3.05, 3.63) is 60.8 Å². The van der Waals surface area contributed by atoms with Gasteiger partial charge in [-0.1, -0.05) is 171 Å². The molecule has 0 aromatic heterocycles. The molecule has 12 atom stereocenters. The van der Waals surface area contributed by atoms with Gasteiger partial charge < -0.3 is 65.1 Å². The van der Waals surface area contributed by atoms with Gasteiger partial charge in [0.1, 0.15) is 48.8 Å². The lowest BCUT2D eigenvalue weighted by Gasteiger charge is -2.46. The fraction of sp³-hybridized carbons (Fsp3) is 0.792. The summed E-state index contributed by atoms with van der Waals surface area (Å²) in [6, 6.07) is -0.929. The number of unbranched alkanes of at least 4 members (excludes halogenated alkanes) is 18. The lowest BCUT2D eigenvalue weighted by Crippen LogP contribution is -2.65. The lowest BCUT2D eigenvalue weighted by atomic mass is 9.97. The number of carbonyl (C=O) groups is 1. The SMILES string of the molecule is CC/C=C\C/C=C\C/C=C\C/C=C\CCCCCCC(=O)NC(COC1OC(CO)C(OC2OC(CO)C(O)C(O)C2O)C(O)C1O)C(O)/C=C/CCCCCCCCCCCCCCCC. The van der Waals surface area contributed by atoms with Gasteiger partial charge in [-0.05, 0) is 57.8 Å². The Morgan fingerprint density at radius 1 is 0.552 bits per heavy atom. The highest BCUT2D eigenvalue weighted by Crippen LogP contribution is 2.30. The van der Waals surface area contributed by atoms with E-state index in [0.717, 1.165) is 70.6 Å². The van der Waals surface area contributed by atoms with E-state index in [-0.39, 0.29) is 18.9 Å². The normalized spacial score (nSPS) is 27.1. The average Bonchev–Trinajstić information content (AvgIpc) is 3.32. The van der Waals surface area contributed by atoms with Crippen molar-refractivity contribution in [1.29, 1.82) is 0 Å². The summed E-state index contributed by atoms with van der Waals surface area (Å²) in [5.41, 5.74) is 0. The Labute approximate surface area is 403 Å². The van der Waals surface area contributed by atoms with Crippen LogP contribution in [0, 0.1) is 0 Å². The third-order valence-electron chi connectivity index (χ3n) is 12.5. The number of amides is 1. The number of carbonyl (C=O) groups excluding carboxylic acids is 1. The van der Waals surface area contributed by atoms with Crippen LogP contribution in [0.25, 0.3) is 0 Å². The standard InChI is InChI=1S/C53H93NO13/c1-3-5-7-9-11-13-15-17-19-21-23-25-27-29-31-33-35-37-45(58)54-41(42(57)36-34-32-30-28-26-24-22-20-18-16-14-12-10-8-6-4-2)40-64-52-50(63)48(61)51(44(39-56)66-52)67-53-49(62)47(60)46(59)43(38-55)65-53/h5,7,11,13,17,19,23,25,34,36,41-44,46-53,55-57,59-63H,3-4,6,8-10,12,14-16,18,20-22,24,26-33,35,37-40H2,1-2H3,(H,54,58)/b7-5-,13-11-,19-17-,25-23-,36-34+. The molecule has 12 unspecified atom stereocenters. The first-order chi connectivity index (χ1) is 32.6. The highest BCUT2D eigenvalue weighted by molar-refractivity contribution is 5.76. The molecular weight excluding hydrogens is 859 g/mol. The minimum atomic E-state index is -1.79. The molecule has 14 heteroatoms. The van der Waals surface area contributed by atoms with Crippen molar-refractivity contribution >= 4 is 5.91 Å². The average molecular weight is 952 g/mol. The molecule has 2 saturated heterocycles. The van der Waals surface area contributed by atoms with Gasteiger partial charge in [0.25, 0.3) is 0 Å². The van der Waals surface area contributed by atoms with E-state index < -0.39 is 86.8 Å². The Hall–Kier alpha value is -2.31. The second-order valence-corrected chi connectivity index (χ2v) is 18.3. The van der Waals surface area contributed by atoms with Crippen molar-refractivity contribution in [2.24, 2.45) is 0 Å². The molecule has 0 radical (unpaired) electrons. The smallest absolute Gasteiger partial charge is 0.220 e. The first-order valence-electron chi connectivity index (χ1n) is 26.0. The van der Waals surface area contributed by atoms with Crippen LogP contribution in [-0.4, -0.2) is 140 Å². The molecule has 2 heterocycles. The number of hydrogen-bond acceptors (Lipinski definition) is 13. The van der Waals surface area contributed by atoms with E-state index in [0.29, 0.717) is 6.42 Å². The highest BCUT2D eigenvalue weighted by atomic mass is 16.7. The van der Waals surface area contributed by atoms with Gasteiger partial charge >= 0.3 is 0 Å². The number of ether oxygens (including phenoxy) is 4. The van der Waals surface area contributed by atoms with Gasteiger partial charge in [-0.2, -0.15) is 0 Å². The highest BCUT2D eigenvalue weighted by Gasteiger charge is 2.51. The molecule has 2 rings (SSSR count). The van der Waals surface area contributed by atoms with E-state index in [4.69, 9.17) is 18.9 Å². The molecule has 0 bridgehead atoms. The van der Waals surface area contributed by atoms with Gasteiger partial charge in [0.15, 0.2) is 12.6 Å². The second kappa shape index (κ2) is 39.4. The van der Waals surface area contributed by atoms with E-state index in [2.05, 4.69) is 67.8 Å². The Morgan fingerprint density at radius 3 is 1.58 bits per heavy atom. The summed E-state index contributed by atoms with van der Waals surface area (Å²) in [6.07, 6.45) is 31.1. The fourth-order valence-corrected chi connectivity index (χ4v) is 8.22. The van der Waals surface area contributed by atoms with Crippen molar-refractivity contribution in [3.63, 3.8) is 0 Å². The predicted octanol–water partition coefficient (Wildman–Crippen LogP) is 7.05. The van der Waals surface area contributed by atoms with Crippen LogP contribution in [0.4, 0.5) is 0 Å². The van der Waals surface area contributed by atoms with E-state index in [9.17, 15) is 45.6 Å². The fourth-order valence-electron chi connectivity index (χ4n) is 8.22. The van der Waals surface area contributed by atoms with E-state index in [1.807, 2.05) is 6.08 Å². The number of aliphatic hydroxyl groups is 8. The first kappa shape index (κ1) is 60.8. The zero-order chi connectivity index (χ0) is 48.9. The maximum absolute atomic E-state index is 13.2. The lowest BCUT2D eigenvalue weighted by molar-refractivity contribution is -0.359. The first-order valence-corrected chi connectivity index (χ1v) is 26.0. The van der Waals surface area contributed by atoms with Gasteiger partial charge in [-0.15, -0.1) is 0 Å². The molecule has 0 saturated carbocycles. The summed E-state index contributed by atoms with van der Waals surface area (Å²) in [5.74, 6) is -0.265. The van der Waals surface area contributed by atoms with Gasteiger partial charge in [-0.25, -0.2) is 0 Å². The topological polar surface area (TPSA) is 228 Å². The minimum Gasteiger partial charge on any atom is -0.394 e. The molecule has 0 spiro atoms. The van der Waals surface area contributed by atoms with E-state index >= 15 is 0 Å². The molecule has 2 fully saturated rings. The quantitative estimate of drug-likeness (QED) is 0.0223. The van der Waals surface area contributed by atoms with Crippen molar-refractivity contribution in [3.8, 4) is 0 Å². The second-order valence-electron chi connectivity index (χ2n) is 18.3. The van der Waals surface area contributed by atoms with Crippen LogP contribution in [0.1, 0.15) is 174 Å². The molecule has 0 aromatic carbocycles. The molecule has 388 valence electrons. The third-order valence-corrected chi connectivity index (χ3v) is 12.5. The number of allylic oxidation sites excluding steroid dienone is 9. The molecular formula is C53H93NO13. The Morgan fingerprint density at radius 2 is 1.03 bits per heavy atom. The van der Waals surface area contributed by atoms with E-state index in [1.54, 1.807) is 6.08 Å². The van der Waals surface area contributed by atoms with Crippen molar-refractivity contribution in [2.75, 3.05) is 19.8 Å². The largest absolute Gasteiger partial charge is 0.394 e. The Kier molecular flexibility index (Phi) is 35.8. The molecule has 14 nitrogen and oxygen atoms in total. The maximum Gasteiger partial charge on any atom is 0.220 e. The van der Waals surface area contributed by atoms with Gasteiger partial charge in [0.2, 0.25) is 5.91 Å². The number of aliphatic hydroxyl groups excluding tert-OH is 8. The van der Waals surface area contributed by atoms with Crippen LogP contribution >= 0.6 is 0 Å². The zero-order valence-corrected chi connectivity index (χ0v) is 41.1. The Balaban J connectivity index is 1.86. The monoisotopic (exact) mass is 952 g/mol. The minimum absolute atomic E-state index is 0.251. The van der Waals surface area contributed by atoms with Crippen molar-refractivity contribution in [2.45, 2.75) is 248 Å². The molecule has 2 aliphatic heterocycles. The molecule has 9 N–H and O–H groups in total. The van der Waals surface area contributed by atoms with Gasteiger partial charge in [0, 0.05) is 6.42 Å².